The summed E-state index contributed by atoms with van der Waals surface area (Å²) in [6.45, 7) is 5.62. The SMILES string of the molecule is COCCOCCCNS(=O)(=O)c1cc(C)ccc1C. The summed E-state index contributed by atoms with van der Waals surface area (Å²) in [5.74, 6) is 0. The largest absolute Gasteiger partial charge is 0.382 e. The molecule has 0 radical (unpaired) electrons. The number of sulfonamides is 1. The molecule has 6 heteroatoms. The van der Waals surface area contributed by atoms with Crippen molar-refractivity contribution in [2.45, 2.75) is 25.2 Å². The molecule has 20 heavy (non-hydrogen) atoms. The first-order chi connectivity index (χ1) is 9.47. The normalized spacial score (nSPS) is 11.8. The Hall–Kier alpha value is -0.950. The summed E-state index contributed by atoms with van der Waals surface area (Å²) >= 11 is 0. The first kappa shape index (κ1) is 17.1. The Morgan fingerprint density at radius 2 is 1.90 bits per heavy atom. The van der Waals surface area contributed by atoms with E-state index in [9.17, 15) is 8.42 Å². The summed E-state index contributed by atoms with van der Waals surface area (Å²) in [5.41, 5.74) is 1.68. The Labute approximate surface area is 121 Å². The lowest BCUT2D eigenvalue weighted by Crippen LogP contribution is -2.26. The van der Waals surface area contributed by atoms with Gasteiger partial charge in [-0.2, -0.15) is 0 Å². The number of aryl methyl sites for hydroxylation is 2. The van der Waals surface area contributed by atoms with Crippen LogP contribution < -0.4 is 4.72 Å². The topological polar surface area (TPSA) is 64.6 Å². The van der Waals surface area contributed by atoms with Crippen molar-refractivity contribution in [3.05, 3.63) is 29.3 Å². The van der Waals surface area contributed by atoms with E-state index in [0.29, 0.717) is 37.7 Å². The molecule has 0 spiro atoms. The van der Waals surface area contributed by atoms with E-state index < -0.39 is 10.0 Å². The molecular weight excluding hydrogens is 278 g/mol. The van der Waals surface area contributed by atoms with Crippen LogP contribution in [-0.4, -0.2) is 41.9 Å². The van der Waals surface area contributed by atoms with Gasteiger partial charge < -0.3 is 9.47 Å². The van der Waals surface area contributed by atoms with Gasteiger partial charge in [0.05, 0.1) is 18.1 Å². The summed E-state index contributed by atoms with van der Waals surface area (Å²) in [6, 6.07) is 5.41. The van der Waals surface area contributed by atoms with E-state index in [2.05, 4.69) is 4.72 Å². The molecule has 1 aromatic rings. The van der Waals surface area contributed by atoms with Crippen LogP contribution in [0.3, 0.4) is 0 Å². The molecule has 0 aromatic heterocycles. The molecule has 0 saturated heterocycles. The molecule has 0 saturated carbocycles. The van der Waals surface area contributed by atoms with Crippen molar-refractivity contribution in [1.82, 2.24) is 4.72 Å². The van der Waals surface area contributed by atoms with E-state index >= 15 is 0 Å². The third kappa shape index (κ3) is 5.58. The zero-order valence-electron chi connectivity index (χ0n) is 12.3. The zero-order valence-corrected chi connectivity index (χ0v) is 13.1. The Morgan fingerprint density at radius 3 is 2.60 bits per heavy atom. The number of ether oxygens (including phenoxy) is 2. The molecule has 5 nitrogen and oxygen atoms in total. The van der Waals surface area contributed by atoms with Crippen molar-refractivity contribution in [2.24, 2.45) is 0 Å². The van der Waals surface area contributed by atoms with Crippen LogP contribution in [0.1, 0.15) is 17.5 Å². The maximum Gasteiger partial charge on any atom is 0.240 e. The molecule has 1 rings (SSSR count). The van der Waals surface area contributed by atoms with Gasteiger partial charge in [0.15, 0.2) is 0 Å². The highest BCUT2D eigenvalue weighted by atomic mass is 32.2. The van der Waals surface area contributed by atoms with Gasteiger partial charge in [0.2, 0.25) is 10.0 Å². The molecule has 0 atom stereocenters. The number of rotatable bonds is 9. The Kier molecular flexibility index (Phi) is 7.15. The second-order valence-electron chi connectivity index (χ2n) is 4.63. The zero-order chi connectivity index (χ0) is 15.0. The van der Waals surface area contributed by atoms with Crippen LogP contribution in [0, 0.1) is 13.8 Å². The average Bonchev–Trinajstić information content (AvgIpc) is 2.40. The molecule has 0 aliphatic carbocycles. The third-order valence-electron chi connectivity index (χ3n) is 2.82. The smallest absolute Gasteiger partial charge is 0.240 e. The summed E-state index contributed by atoms with van der Waals surface area (Å²) < 4.78 is 37.1. The van der Waals surface area contributed by atoms with E-state index in [1.54, 1.807) is 20.1 Å². The molecule has 0 aliphatic rings. The summed E-state index contributed by atoms with van der Waals surface area (Å²) in [7, 11) is -1.83. The van der Waals surface area contributed by atoms with Gasteiger partial charge >= 0.3 is 0 Å². The van der Waals surface area contributed by atoms with Crippen molar-refractivity contribution in [1.29, 1.82) is 0 Å². The molecule has 0 unspecified atom stereocenters. The monoisotopic (exact) mass is 301 g/mol. The number of hydrogen-bond donors (Lipinski definition) is 1. The fourth-order valence-corrected chi connectivity index (χ4v) is 3.10. The van der Waals surface area contributed by atoms with Crippen molar-refractivity contribution < 1.29 is 17.9 Å². The predicted molar refractivity (Wildman–Crippen MR) is 78.4 cm³/mol. The molecule has 114 valence electrons. The van der Waals surface area contributed by atoms with E-state index in [1.807, 2.05) is 19.1 Å². The molecule has 0 bridgehead atoms. The maximum absolute atomic E-state index is 12.2. The number of nitrogens with one attached hydrogen (secondary N) is 1. The summed E-state index contributed by atoms with van der Waals surface area (Å²) in [6.07, 6.45) is 0.633. The lowest BCUT2D eigenvalue weighted by Gasteiger charge is -2.10. The summed E-state index contributed by atoms with van der Waals surface area (Å²) in [4.78, 5) is 0.345. The molecule has 0 amide bonds. The van der Waals surface area contributed by atoms with E-state index in [0.717, 1.165) is 11.1 Å². The highest BCUT2D eigenvalue weighted by Gasteiger charge is 2.15. The van der Waals surface area contributed by atoms with Gasteiger partial charge in [0.1, 0.15) is 0 Å². The van der Waals surface area contributed by atoms with Gasteiger partial charge in [-0.3, -0.25) is 0 Å². The summed E-state index contributed by atoms with van der Waals surface area (Å²) in [5, 5.41) is 0. The second-order valence-corrected chi connectivity index (χ2v) is 6.36. The quantitative estimate of drug-likeness (QED) is 0.704. The molecule has 0 heterocycles. The minimum atomic E-state index is -3.44. The molecule has 0 aliphatic heterocycles. The highest BCUT2D eigenvalue weighted by Crippen LogP contribution is 2.16. The Morgan fingerprint density at radius 1 is 1.15 bits per heavy atom. The first-order valence-electron chi connectivity index (χ1n) is 6.61. The first-order valence-corrected chi connectivity index (χ1v) is 8.09. The van der Waals surface area contributed by atoms with Crippen LogP contribution in [0.5, 0.6) is 0 Å². The van der Waals surface area contributed by atoms with Crippen LogP contribution in [-0.2, 0) is 19.5 Å². The highest BCUT2D eigenvalue weighted by molar-refractivity contribution is 7.89. The lowest BCUT2D eigenvalue weighted by atomic mass is 10.2. The van der Waals surface area contributed by atoms with Crippen LogP contribution >= 0.6 is 0 Å². The number of methoxy groups -OCH3 is 1. The van der Waals surface area contributed by atoms with Crippen LogP contribution in [0.4, 0.5) is 0 Å². The Balaban J connectivity index is 2.44. The maximum atomic E-state index is 12.2. The second kappa shape index (κ2) is 8.36. The minimum Gasteiger partial charge on any atom is -0.382 e. The number of benzene rings is 1. The molecule has 1 aromatic carbocycles. The van der Waals surface area contributed by atoms with Gasteiger partial charge in [-0.15, -0.1) is 0 Å². The number of hydrogen-bond acceptors (Lipinski definition) is 4. The van der Waals surface area contributed by atoms with Gasteiger partial charge in [-0.1, -0.05) is 12.1 Å². The third-order valence-corrected chi connectivity index (χ3v) is 4.43. The van der Waals surface area contributed by atoms with E-state index in [4.69, 9.17) is 9.47 Å². The van der Waals surface area contributed by atoms with Crippen molar-refractivity contribution in [2.75, 3.05) is 33.5 Å². The van der Waals surface area contributed by atoms with Crippen molar-refractivity contribution in [3.63, 3.8) is 0 Å². The van der Waals surface area contributed by atoms with E-state index in [-0.39, 0.29) is 0 Å². The van der Waals surface area contributed by atoms with Gasteiger partial charge in [-0.25, -0.2) is 13.1 Å². The standard InChI is InChI=1S/C14H23NO4S/c1-12-5-6-13(2)14(11-12)20(16,17)15-7-4-8-19-10-9-18-3/h5-6,11,15H,4,7-10H2,1-3H3. The predicted octanol–water partition coefficient (Wildman–Crippen LogP) is 1.63. The Bertz CT molecular complexity index is 514. The molecule has 1 N–H and O–H groups in total. The van der Waals surface area contributed by atoms with Crippen molar-refractivity contribution in [3.8, 4) is 0 Å². The van der Waals surface area contributed by atoms with Crippen LogP contribution in [0.2, 0.25) is 0 Å². The van der Waals surface area contributed by atoms with Crippen molar-refractivity contribution >= 4 is 10.0 Å². The van der Waals surface area contributed by atoms with Gasteiger partial charge in [0.25, 0.3) is 0 Å². The average molecular weight is 301 g/mol. The van der Waals surface area contributed by atoms with Crippen LogP contribution in [0.25, 0.3) is 0 Å². The molecular formula is C14H23NO4S. The fraction of sp³-hybridized carbons (Fsp3) is 0.571. The van der Waals surface area contributed by atoms with Gasteiger partial charge in [-0.05, 0) is 37.5 Å². The lowest BCUT2D eigenvalue weighted by molar-refractivity contribution is 0.0699. The molecule has 0 fully saturated rings. The van der Waals surface area contributed by atoms with Gasteiger partial charge in [0, 0.05) is 20.3 Å². The fourth-order valence-electron chi connectivity index (χ4n) is 1.70. The van der Waals surface area contributed by atoms with E-state index in [1.165, 1.54) is 0 Å². The van der Waals surface area contributed by atoms with Crippen LogP contribution in [0.15, 0.2) is 23.1 Å². The minimum absolute atomic E-state index is 0.345.